The molecule has 1 aromatic carbocycles. The van der Waals surface area contributed by atoms with Gasteiger partial charge in [0.25, 0.3) is 0 Å². The zero-order valence-corrected chi connectivity index (χ0v) is 14.5. The van der Waals surface area contributed by atoms with Gasteiger partial charge < -0.3 is 15.3 Å². The number of hydrogen-bond acceptors (Lipinski definition) is 3. The van der Waals surface area contributed by atoms with Crippen molar-refractivity contribution in [2.45, 2.75) is 31.4 Å². The van der Waals surface area contributed by atoms with Gasteiger partial charge >= 0.3 is 6.03 Å². The van der Waals surface area contributed by atoms with Crippen LogP contribution < -0.4 is 5.32 Å². The monoisotopic (exact) mass is 348 g/mol. The van der Waals surface area contributed by atoms with E-state index in [0.717, 1.165) is 29.3 Å². The Balaban J connectivity index is 1.68. The fraction of sp³-hybridized carbons (Fsp3) is 0.529. The summed E-state index contributed by atoms with van der Waals surface area (Å²) < 4.78 is 1.97. The molecule has 7 heteroatoms. The molecule has 3 heterocycles. The Hall–Kier alpha value is -1.79. The normalized spacial score (nSPS) is 27.0. The molecule has 2 atom stereocenters. The summed E-state index contributed by atoms with van der Waals surface area (Å²) in [7, 11) is 1.65. The highest BCUT2D eigenvalue weighted by atomic mass is 35.5. The SMILES string of the molecule is CNC(=O)N1CCC(C2(C)[C@H](O)c3cc(Cl)cc4cnn2c34)CC1. The van der Waals surface area contributed by atoms with E-state index < -0.39 is 11.6 Å². The van der Waals surface area contributed by atoms with E-state index in [0.29, 0.717) is 18.1 Å². The van der Waals surface area contributed by atoms with Gasteiger partial charge in [-0.1, -0.05) is 11.6 Å². The zero-order chi connectivity index (χ0) is 17.1. The molecule has 0 bridgehead atoms. The van der Waals surface area contributed by atoms with Crippen LogP contribution in [0.25, 0.3) is 10.9 Å². The van der Waals surface area contributed by atoms with Crippen LogP contribution in [-0.2, 0) is 5.54 Å². The molecule has 1 unspecified atom stereocenters. The van der Waals surface area contributed by atoms with Crippen LogP contribution in [0, 0.1) is 5.92 Å². The van der Waals surface area contributed by atoms with E-state index in [1.807, 2.05) is 27.9 Å². The van der Waals surface area contributed by atoms with Crippen molar-refractivity contribution in [2.24, 2.45) is 5.92 Å². The lowest BCUT2D eigenvalue weighted by atomic mass is 9.75. The van der Waals surface area contributed by atoms with Crippen LogP contribution >= 0.6 is 11.6 Å². The second-order valence-electron chi connectivity index (χ2n) is 6.93. The van der Waals surface area contributed by atoms with Crippen LogP contribution in [0.4, 0.5) is 4.79 Å². The predicted molar refractivity (Wildman–Crippen MR) is 92.1 cm³/mol. The molecule has 1 saturated heterocycles. The average Bonchev–Trinajstić information content (AvgIpc) is 3.11. The Kier molecular flexibility index (Phi) is 3.51. The third-order valence-electron chi connectivity index (χ3n) is 5.78. The van der Waals surface area contributed by atoms with Crippen molar-refractivity contribution in [1.82, 2.24) is 20.0 Å². The lowest BCUT2D eigenvalue weighted by molar-refractivity contribution is -0.0116. The molecule has 2 aliphatic heterocycles. The van der Waals surface area contributed by atoms with E-state index in [2.05, 4.69) is 17.3 Å². The molecular formula is C17H21ClN4O2. The van der Waals surface area contributed by atoms with Gasteiger partial charge in [0.15, 0.2) is 0 Å². The van der Waals surface area contributed by atoms with Crippen LogP contribution in [0.2, 0.25) is 5.02 Å². The highest BCUT2D eigenvalue weighted by Gasteiger charge is 2.50. The Morgan fingerprint density at radius 3 is 2.79 bits per heavy atom. The van der Waals surface area contributed by atoms with Gasteiger partial charge in [-0.2, -0.15) is 5.10 Å². The number of aliphatic hydroxyl groups is 1. The maximum atomic E-state index is 11.8. The number of amides is 2. The molecule has 1 fully saturated rings. The number of benzene rings is 1. The first kappa shape index (κ1) is 15.7. The van der Waals surface area contributed by atoms with Crippen LogP contribution in [0.5, 0.6) is 0 Å². The first-order valence-electron chi connectivity index (χ1n) is 8.29. The number of aromatic nitrogens is 2. The van der Waals surface area contributed by atoms with E-state index in [1.165, 1.54) is 0 Å². The lowest BCUT2D eigenvalue weighted by Gasteiger charge is -2.42. The number of rotatable bonds is 1. The van der Waals surface area contributed by atoms with Gasteiger partial charge in [-0.15, -0.1) is 0 Å². The van der Waals surface area contributed by atoms with Gasteiger partial charge in [-0.05, 0) is 37.8 Å². The van der Waals surface area contributed by atoms with Crippen molar-refractivity contribution in [3.8, 4) is 0 Å². The molecule has 0 saturated carbocycles. The largest absolute Gasteiger partial charge is 0.386 e. The molecule has 2 amide bonds. The summed E-state index contributed by atoms with van der Waals surface area (Å²) in [6.45, 7) is 3.44. The second kappa shape index (κ2) is 5.36. The summed E-state index contributed by atoms with van der Waals surface area (Å²) in [5.41, 5.74) is 1.32. The lowest BCUT2D eigenvalue weighted by Crippen LogP contribution is -2.49. The number of nitrogens with one attached hydrogen (secondary N) is 1. The van der Waals surface area contributed by atoms with E-state index >= 15 is 0 Å². The predicted octanol–water partition coefficient (Wildman–Crippen LogP) is 2.50. The van der Waals surface area contributed by atoms with Gasteiger partial charge in [-0.3, -0.25) is 4.68 Å². The number of nitrogens with zero attached hydrogens (tertiary/aromatic N) is 3. The summed E-state index contributed by atoms with van der Waals surface area (Å²) >= 11 is 6.20. The molecule has 1 aromatic heterocycles. The fourth-order valence-corrected chi connectivity index (χ4v) is 4.62. The van der Waals surface area contributed by atoms with Crippen LogP contribution in [0.1, 0.15) is 31.4 Å². The molecule has 4 rings (SSSR count). The molecule has 0 radical (unpaired) electrons. The van der Waals surface area contributed by atoms with Gasteiger partial charge in [0.05, 0.1) is 17.3 Å². The second-order valence-corrected chi connectivity index (χ2v) is 7.37. The first-order chi connectivity index (χ1) is 11.5. The van der Waals surface area contributed by atoms with Crippen molar-refractivity contribution in [1.29, 1.82) is 0 Å². The minimum absolute atomic E-state index is 0.0397. The van der Waals surface area contributed by atoms with Crippen molar-refractivity contribution in [2.75, 3.05) is 20.1 Å². The van der Waals surface area contributed by atoms with Crippen LogP contribution in [0.3, 0.4) is 0 Å². The zero-order valence-electron chi connectivity index (χ0n) is 13.8. The maximum absolute atomic E-state index is 11.8. The summed E-state index contributed by atoms with van der Waals surface area (Å²) in [4.78, 5) is 13.6. The highest BCUT2D eigenvalue weighted by Crippen LogP contribution is 2.51. The van der Waals surface area contributed by atoms with Gasteiger partial charge in [0.1, 0.15) is 6.10 Å². The molecule has 128 valence electrons. The summed E-state index contributed by atoms with van der Waals surface area (Å²) in [6, 6.07) is 3.69. The Morgan fingerprint density at radius 1 is 1.42 bits per heavy atom. The van der Waals surface area contributed by atoms with E-state index in [4.69, 9.17) is 11.6 Å². The van der Waals surface area contributed by atoms with Crippen molar-refractivity contribution >= 4 is 28.5 Å². The fourth-order valence-electron chi connectivity index (χ4n) is 4.39. The van der Waals surface area contributed by atoms with Crippen LogP contribution in [0.15, 0.2) is 18.3 Å². The third kappa shape index (κ3) is 1.99. The van der Waals surface area contributed by atoms with Crippen LogP contribution in [-0.4, -0.2) is 46.0 Å². The summed E-state index contributed by atoms with van der Waals surface area (Å²) in [5, 5.41) is 19.9. The van der Waals surface area contributed by atoms with Crippen molar-refractivity contribution in [3.63, 3.8) is 0 Å². The summed E-state index contributed by atoms with van der Waals surface area (Å²) in [5.74, 6) is 0.239. The number of urea groups is 1. The Morgan fingerprint density at radius 2 is 2.12 bits per heavy atom. The minimum atomic E-state index is -0.640. The number of carbonyl (C=O) groups excluding carboxylic acids is 1. The standard InChI is InChI=1S/C17H21ClN4O2/c1-17(11-3-5-21(6-4-11)16(24)19-2)15(23)13-8-12(18)7-10-9-20-22(17)14(10)13/h7-9,11,15,23H,3-6H2,1-2H3,(H,19,24)/t15-,17?/m1/s1. The average molecular weight is 349 g/mol. The number of halogens is 1. The highest BCUT2D eigenvalue weighted by molar-refractivity contribution is 6.31. The molecule has 2 N–H and O–H groups in total. The van der Waals surface area contributed by atoms with Gasteiger partial charge in [-0.25, -0.2) is 4.79 Å². The number of aliphatic hydroxyl groups excluding tert-OH is 1. The van der Waals surface area contributed by atoms with Crippen molar-refractivity contribution < 1.29 is 9.90 Å². The smallest absolute Gasteiger partial charge is 0.317 e. The van der Waals surface area contributed by atoms with E-state index in [1.54, 1.807) is 7.05 Å². The third-order valence-corrected chi connectivity index (χ3v) is 6.00. The Labute approximate surface area is 145 Å². The van der Waals surface area contributed by atoms with E-state index in [9.17, 15) is 9.90 Å². The number of piperidine rings is 1. The number of likely N-dealkylation sites (tertiary alicyclic amines) is 1. The summed E-state index contributed by atoms with van der Waals surface area (Å²) in [6.07, 6.45) is 2.85. The van der Waals surface area contributed by atoms with Crippen molar-refractivity contribution in [3.05, 3.63) is 28.9 Å². The first-order valence-corrected chi connectivity index (χ1v) is 8.67. The molecule has 6 nitrogen and oxygen atoms in total. The molecular weight excluding hydrogens is 328 g/mol. The molecule has 2 aromatic rings. The molecule has 0 spiro atoms. The topological polar surface area (TPSA) is 70.4 Å². The Bertz CT molecular complexity index is 812. The molecule has 2 aliphatic rings. The molecule has 24 heavy (non-hydrogen) atoms. The van der Waals surface area contributed by atoms with Gasteiger partial charge in [0, 0.05) is 36.1 Å². The van der Waals surface area contributed by atoms with Gasteiger partial charge in [0.2, 0.25) is 0 Å². The quantitative estimate of drug-likeness (QED) is 0.831. The number of carbonyl (C=O) groups is 1. The molecule has 0 aliphatic carbocycles. The van der Waals surface area contributed by atoms with E-state index in [-0.39, 0.29) is 11.9 Å². The number of hydrogen-bond donors (Lipinski definition) is 2. The minimum Gasteiger partial charge on any atom is -0.386 e. The maximum Gasteiger partial charge on any atom is 0.317 e.